The van der Waals surface area contributed by atoms with E-state index in [1.165, 1.54) is 6.92 Å². The molecule has 0 spiro atoms. The summed E-state index contributed by atoms with van der Waals surface area (Å²) in [4.78, 5) is 39.6. The summed E-state index contributed by atoms with van der Waals surface area (Å²) in [5, 5.41) is 0. The van der Waals surface area contributed by atoms with E-state index in [4.69, 9.17) is 0 Å². The highest BCUT2D eigenvalue weighted by atomic mass is 32.2. The molecule has 1 unspecified atom stereocenters. The van der Waals surface area contributed by atoms with Crippen LogP contribution in [0.15, 0.2) is 70.6 Å². The number of carbonyl (C=O) groups is 2. The highest BCUT2D eigenvalue weighted by Crippen LogP contribution is 2.42. The van der Waals surface area contributed by atoms with Gasteiger partial charge in [-0.1, -0.05) is 42.1 Å². The number of amides is 2. The van der Waals surface area contributed by atoms with Crippen LogP contribution < -0.4 is 9.80 Å². The van der Waals surface area contributed by atoms with Gasteiger partial charge < -0.3 is 4.90 Å². The number of hydrogen-bond donors (Lipinski definition) is 0. The topological polar surface area (TPSA) is 66.4 Å². The Bertz CT molecular complexity index is 1120. The van der Waals surface area contributed by atoms with Crippen LogP contribution in [0, 0.1) is 6.92 Å². The van der Waals surface area contributed by atoms with Gasteiger partial charge >= 0.3 is 0 Å². The number of aromatic nitrogens is 2. The standard InChI is InChI=1S/C24H24N4O2S/c1-16-25-15-20-21(13-14-27(17(2)29)24(20)26-16)28(18(3)30)22-11-7-8-12-23(22)31-19-9-5-4-6-10-19/h4-12,15,21H,13-14H2,1-3H3. The Labute approximate surface area is 186 Å². The van der Waals surface area contributed by atoms with Crippen LogP contribution in [-0.4, -0.2) is 28.3 Å². The number of aryl methyl sites for hydroxylation is 1. The summed E-state index contributed by atoms with van der Waals surface area (Å²) in [5.74, 6) is 1.07. The molecule has 2 amide bonds. The molecule has 4 rings (SSSR count). The van der Waals surface area contributed by atoms with Crippen molar-refractivity contribution in [3.8, 4) is 0 Å². The van der Waals surface area contributed by atoms with Crippen molar-refractivity contribution in [3.05, 3.63) is 72.2 Å². The summed E-state index contributed by atoms with van der Waals surface area (Å²) in [6, 6.07) is 17.8. The lowest BCUT2D eigenvalue weighted by atomic mass is 9.98. The zero-order valence-corrected chi connectivity index (χ0v) is 18.6. The number of benzene rings is 2. The zero-order valence-electron chi connectivity index (χ0n) is 17.8. The van der Waals surface area contributed by atoms with Crippen molar-refractivity contribution in [1.29, 1.82) is 0 Å². The van der Waals surface area contributed by atoms with Crippen LogP contribution in [0.5, 0.6) is 0 Å². The van der Waals surface area contributed by atoms with E-state index in [1.807, 2.05) is 47.4 Å². The second-order valence-electron chi connectivity index (χ2n) is 7.44. The van der Waals surface area contributed by atoms with E-state index in [0.717, 1.165) is 21.0 Å². The zero-order chi connectivity index (χ0) is 22.0. The maximum absolute atomic E-state index is 12.9. The average Bonchev–Trinajstić information content (AvgIpc) is 2.75. The molecule has 6 nitrogen and oxygen atoms in total. The van der Waals surface area contributed by atoms with Gasteiger partial charge in [-0.25, -0.2) is 9.97 Å². The van der Waals surface area contributed by atoms with Gasteiger partial charge in [-0.2, -0.15) is 0 Å². The van der Waals surface area contributed by atoms with Crippen LogP contribution in [0.3, 0.4) is 0 Å². The summed E-state index contributed by atoms with van der Waals surface area (Å²) < 4.78 is 0. The largest absolute Gasteiger partial charge is 0.304 e. The van der Waals surface area contributed by atoms with Crippen LogP contribution in [-0.2, 0) is 9.59 Å². The van der Waals surface area contributed by atoms with Crippen LogP contribution in [0.2, 0.25) is 0 Å². The third kappa shape index (κ3) is 4.32. The lowest BCUT2D eigenvalue weighted by Crippen LogP contribution is -2.43. The van der Waals surface area contributed by atoms with Gasteiger partial charge in [0.15, 0.2) is 0 Å². The van der Waals surface area contributed by atoms with Crippen LogP contribution in [0.1, 0.15) is 37.7 Å². The molecular weight excluding hydrogens is 408 g/mol. The van der Waals surface area contributed by atoms with Crippen molar-refractivity contribution in [2.45, 2.75) is 43.0 Å². The molecule has 1 aliphatic heterocycles. The van der Waals surface area contributed by atoms with Crippen molar-refractivity contribution in [1.82, 2.24) is 9.97 Å². The normalized spacial score (nSPS) is 15.3. The minimum absolute atomic E-state index is 0.0612. The van der Waals surface area contributed by atoms with Crippen molar-refractivity contribution in [2.75, 3.05) is 16.3 Å². The Kier molecular flexibility index (Phi) is 6.04. The van der Waals surface area contributed by atoms with Gasteiger partial charge in [0.2, 0.25) is 11.8 Å². The van der Waals surface area contributed by atoms with E-state index in [2.05, 4.69) is 22.1 Å². The summed E-state index contributed by atoms with van der Waals surface area (Å²) in [6.07, 6.45) is 2.36. The van der Waals surface area contributed by atoms with Gasteiger partial charge in [-0.3, -0.25) is 14.5 Å². The Balaban J connectivity index is 1.79. The fourth-order valence-electron chi connectivity index (χ4n) is 3.92. The molecule has 0 bridgehead atoms. The molecule has 1 atom stereocenters. The van der Waals surface area contributed by atoms with E-state index < -0.39 is 0 Å². The second-order valence-corrected chi connectivity index (χ2v) is 8.56. The predicted octanol–water partition coefficient (Wildman–Crippen LogP) is 4.79. The van der Waals surface area contributed by atoms with E-state index in [0.29, 0.717) is 24.6 Å². The first-order valence-electron chi connectivity index (χ1n) is 10.2. The Hall–Kier alpha value is -3.19. The van der Waals surface area contributed by atoms with Crippen molar-refractivity contribution in [3.63, 3.8) is 0 Å². The maximum Gasteiger partial charge on any atom is 0.225 e. The molecule has 1 aliphatic rings. The van der Waals surface area contributed by atoms with Crippen molar-refractivity contribution < 1.29 is 9.59 Å². The first-order valence-corrected chi connectivity index (χ1v) is 11.0. The van der Waals surface area contributed by atoms with E-state index in [9.17, 15) is 9.59 Å². The van der Waals surface area contributed by atoms with Gasteiger partial charge in [-0.15, -0.1) is 0 Å². The van der Waals surface area contributed by atoms with Gasteiger partial charge in [0.1, 0.15) is 11.6 Å². The van der Waals surface area contributed by atoms with Crippen LogP contribution in [0.25, 0.3) is 0 Å². The van der Waals surface area contributed by atoms with Crippen LogP contribution >= 0.6 is 11.8 Å². The fourth-order valence-corrected chi connectivity index (χ4v) is 4.89. The Morgan fingerprint density at radius 3 is 2.48 bits per heavy atom. The molecule has 2 aromatic carbocycles. The third-order valence-corrected chi connectivity index (χ3v) is 6.36. The summed E-state index contributed by atoms with van der Waals surface area (Å²) in [7, 11) is 0. The molecule has 0 saturated carbocycles. The van der Waals surface area contributed by atoms with E-state index in [-0.39, 0.29) is 17.9 Å². The lowest BCUT2D eigenvalue weighted by Gasteiger charge is -2.39. The van der Waals surface area contributed by atoms with E-state index in [1.54, 1.807) is 36.7 Å². The highest BCUT2D eigenvalue weighted by molar-refractivity contribution is 7.99. The van der Waals surface area contributed by atoms with Gasteiger partial charge in [0, 0.05) is 41.9 Å². The Morgan fingerprint density at radius 1 is 1.06 bits per heavy atom. The number of carbonyl (C=O) groups excluding carboxylic acids is 2. The van der Waals surface area contributed by atoms with Crippen molar-refractivity contribution >= 4 is 35.1 Å². The van der Waals surface area contributed by atoms with Crippen molar-refractivity contribution in [2.24, 2.45) is 0 Å². The molecule has 31 heavy (non-hydrogen) atoms. The second kappa shape index (κ2) is 8.89. The number of rotatable bonds is 4. The predicted molar refractivity (Wildman–Crippen MR) is 122 cm³/mol. The molecule has 0 fully saturated rings. The minimum atomic E-state index is -0.249. The van der Waals surface area contributed by atoms with Gasteiger partial charge in [0.25, 0.3) is 0 Å². The highest BCUT2D eigenvalue weighted by Gasteiger charge is 2.35. The first-order chi connectivity index (χ1) is 15.0. The molecular formula is C24H24N4O2S. The smallest absolute Gasteiger partial charge is 0.225 e. The maximum atomic E-state index is 12.9. The van der Waals surface area contributed by atoms with Gasteiger partial charge in [0.05, 0.1) is 11.7 Å². The molecule has 0 N–H and O–H groups in total. The third-order valence-electron chi connectivity index (χ3n) is 5.28. The number of hydrogen-bond acceptors (Lipinski definition) is 5. The number of nitrogens with zero attached hydrogens (tertiary/aromatic N) is 4. The molecule has 3 aromatic rings. The summed E-state index contributed by atoms with van der Waals surface area (Å²) in [6.45, 7) is 5.42. The van der Waals surface area contributed by atoms with Crippen LogP contribution in [0.4, 0.5) is 11.5 Å². The molecule has 0 radical (unpaired) electrons. The Morgan fingerprint density at radius 2 is 1.77 bits per heavy atom. The fraction of sp³-hybridized carbons (Fsp3) is 0.250. The van der Waals surface area contributed by atoms with Gasteiger partial charge in [-0.05, 0) is 37.6 Å². The number of para-hydroxylation sites is 1. The molecule has 7 heteroatoms. The number of fused-ring (bicyclic) bond motifs is 1. The first kappa shape index (κ1) is 21.1. The summed E-state index contributed by atoms with van der Waals surface area (Å²) >= 11 is 1.62. The molecule has 158 valence electrons. The minimum Gasteiger partial charge on any atom is -0.304 e. The SMILES string of the molecule is CC(=O)N1CCC(N(C(C)=O)c2ccccc2Sc2ccccc2)c2cnc(C)nc21. The average molecular weight is 433 g/mol. The molecule has 1 aromatic heterocycles. The molecule has 2 heterocycles. The monoisotopic (exact) mass is 432 g/mol. The van der Waals surface area contributed by atoms with E-state index >= 15 is 0 Å². The molecule has 0 saturated heterocycles. The number of anilines is 2. The molecule has 0 aliphatic carbocycles. The summed E-state index contributed by atoms with van der Waals surface area (Å²) in [5.41, 5.74) is 1.64. The lowest BCUT2D eigenvalue weighted by molar-refractivity contribution is -0.117. The quantitative estimate of drug-likeness (QED) is 0.593.